The van der Waals surface area contributed by atoms with Crippen LogP contribution in [0.2, 0.25) is 5.02 Å². The third kappa shape index (κ3) is 3.18. The van der Waals surface area contributed by atoms with Crippen molar-refractivity contribution in [3.63, 3.8) is 0 Å². The second kappa shape index (κ2) is 6.93. The van der Waals surface area contributed by atoms with Crippen molar-refractivity contribution in [3.8, 4) is 11.3 Å². The molecule has 5 heteroatoms. The summed E-state index contributed by atoms with van der Waals surface area (Å²) < 4.78 is 7.52. The Bertz CT molecular complexity index is 825. The second-order valence-corrected chi connectivity index (χ2v) is 6.49. The van der Waals surface area contributed by atoms with Gasteiger partial charge in [-0.2, -0.15) is 5.10 Å². The summed E-state index contributed by atoms with van der Waals surface area (Å²) in [4.78, 5) is 2.43. The largest absolute Gasteiger partial charge is 0.379 e. The standard InChI is InChI=1S/C19H20ClN3O/c20-16-6-7-18-17(14-16)19(15-4-2-1-3-5-15)21-23(18)9-8-22-10-12-24-13-11-22/h1-7,14H,8-13H2. The van der Waals surface area contributed by atoms with Gasteiger partial charge < -0.3 is 4.74 Å². The first-order chi connectivity index (χ1) is 11.8. The molecule has 0 unspecified atom stereocenters. The molecule has 4 rings (SSSR count). The molecule has 1 aliphatic heterocycles. The third-order valence-corrected chi connectivity index (χ3v) is 4.73. The van der Waals surface area contributed by atoms with Crippen LogP contribution in [-0.2, 0) is 11.3 Å². The summed E-state index contributed by atoms with van der Waals surface area (Å²) in [5.41, 5.74) is 3.25. The van der Waals surface area contributed by atoms with Crippen LogP contribution in [0.5, 0.6) is 0 Å². The highest BCUT2D eigenvalue weighted by atomic mass is 35.5. The monoisotopic (exact) mass is 341 g/mol. The SMILES string of the molecule is Clc1ccc2c(c1)c(-c1ccccc1)nn2CCN1CCOCC1. The molecular weight excluding hydrogens is 322 g/mol. The number of nitrogens with zero attached hydrogens (tertiary/aromatic N) is 3. The first-order valence-corrected chi connectivity index (χ1v) is 8.71. The maximum atomic E-state index is 6.23. The van der Waals surface area contributed by atoms with Gasteiger partial charge in [-0.25, -0.2) is 0 Å². The van der Waals surface area contributed by atoms with Crippen LogP contribution in [0.1, 0.15) is 0 Å². The maximum absolute atomic E-state index is 6.23. The van der Waals surface area contributed by atoms with E-state index in [9.17, 15) is 0 Å². The molecule has 0 saturated carbocycles. The smallest absolute Gasteiger partial charge is 0.100 e. The zero-order chi connectivity index (χ0) is 16.4. The van der Waals surface area contributed by atoms with E-state index in [0.29, 0.717) is 0 Å². The lowest BCUT2D eigenvalue weighted by Gasteiger charge is -2.26. The molecule has 2 heterocycles. The quantitative estimate of drug-likeness (QED) is 0.725. The van der Waals surface area contributed by atoms with Gasteiger partial charge in [0.25, 0.3) is 0 Å². The fraction of sp³-hybridized carbons (Fsp3) is 0.316. The van der Waals surface area contributed by atoms with Crippen LogP contribution in [-0.4, -0.2) is 47.5 Å². The summed E-state index contributed by atoms with van der Waals surface area (Å²) in [5, 5.41) is 6.74. The fourth-order valence-corrected chi connectivity index (χ4v) is 3.36. The zero-order valence-electron chi connectivity index (χ0n) is 13.5. The molecule has 1 fully saturated rings. The van der Waals surface area contributed by atoms with E-state index in [-0.39, 0.29) is 0 Å². The zero-order valence-corrected chi connectivity index (χ0v) is 14.2. The number of morpholine rings is 1. The Morgan fingerprint density at radius 2 is 1.79 bits per heavy atom. The van der Waals surface area contributed by atoms with E-state index < -0.39 is 0 Å². The molecule has 3 aromatic rings. The van der Waals surface area contributed by atoms with Crippen LogP contribution in [0, 0.1) is 0 Å². The molecule has 0 N–H and O–H groups in total. The minimum absolute atomic E-state index is 0.743. The molecule has 4 nitrogen and oxygen atoms in total. The van der Waals surface area contributed by atoms with Gasteiger partial charge >= 0.3 is 0 Å². The predicted octanol–water partition coefficient (Wildman–Crippen LogP) is 3.69. The molecule has 0 radical (unpaired) electrons. The molecule has 24 heavy (non-hydrogen) atoms. The van der Waals surface area contributed by atoms with Gasteiger partial charge in [0.1, 0.15) is 5.69 Å². The van der Waals surface area contributed by atoms with Crippen LogP contribution in [0.15, 0.2) is 48.5 Å². The number of halogens is 1. The minimum atomic E-state index is 0.743. The van der Waals surface area contributed by atoms with Crippen LogP contribution in [0.25, 0.3) is 22.2 Å². The van der Waals surface area contributed by atoms with E-state index in [2.05, 4.69) is 27.8 Å². The third-order valence-electron chi connectivity index (χ3n) is 4.49. The van der Waals surface area contributed by atoms with Gasteiger partial charge in [0.2, 0.25) is 0 Å². The fourth-order valence-electron chi connectivity index (χ4n) is 3.19. The Kier molecular flexibility index (Phi) is 4.52. The molecule has 0 aliphatic carbocycles. The van der Waals surface area contributed by atoms with E-state index >= 15 is 0 Å². The Hall–Kier alpha value is -1.88. The van der Waals surface area contributed by atoms with Crippen molar-refractivity contribution in [2.24, 2.45) is 0 Å². The number of fused-ring (bicyclic) bond motifs is 1. The lowest BCUT2D eigenvalue weighted by Crippen LogP contribution is -2.38. The number of hydrogen-bond acceptors (Lipinski definition) is 3. The van der Waals surface area contributed by atoms with Crippen molar-refractivity contribution in [1.29, 1.82) is 0 Å². The van der Waals surface area contributed by atoms with Gasteiger partial charge in [0.05, 0.1) is 25.3 Å². The molecule has 0 amide bonds. The Balaban J connectivity index is 1.68. The summed E-state index contributed by atoms with van der Waals surface area (Å²) in [6, 6.07) is 16.3. The van der Waals surface area contributed by atoms with Gasteiger partial charge in [0.15, 0.2) is 0 Å². The average Bonchev–Trinajstić information content (AvgIpc) is 2.99. The highest BCUT2D eigenvalue weighted by molar-refractivity contribution is 6.31. The summed E-state index contributed by atoms with van der Waals surface area (Å²) in [5.74, 6) is 0. The Morgan fingerprint density at radius 1 is 1.00 bits per heavy atom. The molecule has 0 atom stereocenters. The highest BCUT2D eigenvalue weighted by Crippen LogP contribution is 2.30. The maximum Gasteiger partial charge on any atom is 0.100 e. The predicted molar refractivity (Wildman–Crippen MR) is 97.4 cm³/mol. The first-order valence-electron chi connectivity index (χ1n) is 8.33. The molecule has 1 aliphatic rings. The summed E-state index contributed by atoms with van der Waals surface area (Å²) >= 11 is 6.23. The van der Waals surface area contributed by atoms with E-state index in [1.165, 1.54) is 0 Å². The summed E-state index contributed by atoms with van der Waals surface area (Å²) in [6.45, 7) is 5.49. The van der Waals surface area contributed by atoms with E-state index in [4.69, 9.17) is 21.4 Å². The van der Waals surface area contributed by atoms with Gasteiger partial charge in [-0.1, -0.05) is 41.9 Å². The van der Waals surface area contributed by atoms with Gasteiger partial charge in [0, 0.05) is 35.6 Å². The minimum Gasteiger partial charge on any atom is -0.379 e. The number of rotatable bonds is 4. The number of benzene rings is 2. The van der Waals surface area contributed by atoms with E-state index in [1.54, 1.807) is 0 Å². The van der Waals surface area contributed by atoms with Crippen LogP contribution < -0.4 is 0 Å². The molecule has 1 saturated heterocycles. The van der Waals surface area contributed by atoms with Gasteiger partial charge in [-0.3, -0.25) is 9.58 Å². The number of ether oxygens (including phenoxy) is 1. The molecule has 2 aromatic carbocycles. The Morgan fingerprint density at radius 3 is 2.58 bits per heavy atom. The topological polar surface area (TPSA) is 30.3 Å². The van der Waals surface area contributed by atoms with Crippen LogP contribution in [0.3, 0.4) is 0 Å². The van der Waals surface area contributed by atoms with Gasteiger partial charge in [-0.15, -0.1) is 0 Å². The van der Waals surface area contributed by atoms with Crippen LogP contribution in [0.4, 0.5) is 0 Å². The summed E-state index contributed by atoms with van der Waals surface area (Å²) in [7, 11) is 0. The second-order valence-electron chi connectivity index (χ2n) is 6.05. The molecule has 124 valence electrons. The van der Waals surface area contributed by atoms with E-state index in [0.717, 1.165) is 66.6 Å². The van der Waals surface area contributed by atoms with Crippen molar-refractivity contribution in [2.45, 2.75) is 6.54 Å². The molecule has 0 bridgehead atoms. The normalized spacial score (nSPS) is 15.9. The van der Waals surface area contributed by atoms with Crippen molar-refractivity contribution >= 4 is 22.5 Å². The molecular formula is C19H20ClN3O. The lowest BCUT2D eigenvalue weighted by molar-refractivity contribution is 0.0361. The molecule has 1 aromatic heterocycles. The Labute approximate surface area is 146 Å². The average molecular weight is 342 g/mol. The highest BCUT2D eigenvalue weighted by Gasteiger charge is 2.15. The first kappa shape index (κ1) is 15.6. The van der Waals surface area contributed by atoms with Crippen molar-refractivity contribution in [2.75, 3.05) is 32.8 Å². The molecule has 0 spiro atoms. The van der Waals surface area contributed by atoms with Crippen molar-refractivity contribution in [1.82, 2.24) is 14.7 Å². The number of aromatic nitrogens is 2. The van der Waals surface area contributed by atoms with E-state index in [1.807, 2.05) is 30.3 Å². The summed E-state index contributed by atoms with van der Waals surface area (Å²) in [6.07, 6.45) is 0. The van der Waals surface area contributed by atoms with Crippen molar-refractivity contribution < 1.29 is 4.74 Å². The van der Waals surface area contributed by atoms with Gasteiger partial charge in [-0.05, 0) is 18.2 Å². The van der Waals surface area contributed by atoms with Crippen molar-refractivity contribution in [3.05, 3.63) is 53.6 Å². The lowest BCUT2D eigenvalue weighted by atomic mass is 10.1. The van der Waals surface area contributed by atoms with Crippen LogP contribution >= 0.6 is 11.6 Å². The number of hydrogen-bond donors (Lipinski definition) is 0.